The first-order valence-electron chi connectivity index (χ1n) is 11.1. The number of carbonyl (C=O) groups excluding carboxylic acids is 2. The molecule has 2 heterocycles. The van der Waals surface area contributed by atoms with Gasteiger partial charge in [-0.3, -0.25) is 4.98 Å². The fraction of sp³-hybridized carbons (Fsp3) is 0.320. The molecule has 3 rings (SSSR count). The Morgan fingerprint density at radius 1 is 1.13 bits per heavy atom. The number of alkyl halides is 4. The Morgan fingerprint density at radius 2 is 1.79 bits per heavy atom. The molecule has 0 aliphatic carbocycles. The molecule has 1 aliphatic heterocycles. The number of methoxy groups -OCH3 is 1. The molecule has 1 atom stereocenters. The molecule has 1 aromatic heterocycles. The third-order valence-electron chi connectivity index (χ3n) is 5.36. The molecule has 0 saturated carbocycles. The van der Waals surface area contributed by atoms with Crippen molar-refractivity contribution in [1.29, 1.82) is 0 Å². The van der Waals surface area contributed by atoms with E-state index in [0.717, 1.165) is 7.11 Å². The van der Waals surface area contributed by atoms with E-state index in [0.29, 0.717) is 12.1 Å². The smallest absolute Gasteiger partial charge is 0.418 e. The van der Waals surface area contributed by atoms with Crippen LogP contribution in [0.15, 0.2) is 59.2 Å². The van der Waals surface area contributed by atoms with Crippen LogP contribution in [0.1, 0.15) is 30.9 Å². The van der Waals surface area contributed by atoms with Crippen molar-refractivity contribution in [2.24, 2.45) is 0 Å². The van der Waals surface area contributed by atoms with E-state index in [1.807, 2.05) is 0 Å². The number of hydrogen-bond donors (Lipinski definition) is 1. The number of esters is 2. The van der Waals surface area contributed by atoms with Crippen molar-refractivity contribution in [2.45, 2.75) is 32.0 Å². The van der Waals surface area contributed by atoms with Gasteiger partial charge in [-0.15, -0.1) is 12.4 Å². The summed E-state index contributed by atoms with van der Waals surface area (Å²) in [6.07, 6.45) is -3.22. The molecule has 2 aromatic rings. The quantitative estimate of drug-likeness (QED) is 0.310. The molecule has 0 amide bonds. The summed E-state index contributed by atoms with van der Waals surface area (Å²) in [5.74, 6) is -5.87. The Bertz CT molecular complexity index is 1280. The van der Waals surface area contributed by atoms with Crippen LogP contribution < -0.4 is 10.1 Å². The lowest BCUT2D eigenvalue weighted by Crippen LogP contribution is -2.38. The maximum absolute atomic E-state index is 15.3. The van der Waals surface area contributed by atoms with Crippen molar-refractivity contribution >= 4 is 35.9 Å². The topological polar surface area (TPSA) is 86.8 Å². The van der Waals surface area contributed by atoms with E-state index >= 15 is 4.39 Å². The van der Waals surface area contributed by atoms with Crippen LogP contribution in [0.3, 0.4) is 0 Å². The molecule has 1 aliphatic rings. The summed E-state index contributed by atoms with van der Waals surface area (Å²) >= 11 is 5.85. The fourth-order valence-corrected chi connectivity index (χ4v) is 4.18. The average molecular weight is 597 g/mol. The van der Waals surface area contributed by atoms with E-state index in [9.17, 15) is 27.2 Å². The van der Waals surface area contributed by atoms with Gasteiger partial charge in [-0.1, -0.05) is 11.6 Å². The number of pyridine rings is 1. The van der Waals surface area contributed by atoms with Gasteiger partial charge < -0.3 is 19.5 Å². The van der Waals surface area contributed by atoms with E-state index in [1.165, 1.54) is 38.4 Å². The maximum Gasteiger partial charge on any atom is 0.418 e. The summed E-state index contributed by atoms with van der Waals surface area (Å²) in [6.45, 7) is 1.00. The number of ether oxygens (including phenoxy) is 3. The van der Waals surface area contributed by atoms with Crippen LogP contribution in [0.4, 0.5) is 22.0 Å². The van der Waals surface area contributed by atoms with Crippen molar-refractivity contribution < 1.29 is 45.8 Å². The Kier molecular flexibility index (Phi) is 10.7. The summed E-state index contributed by atoms with van der Waals surface area (Å²) in [6, 6.07) is 4.37. The number of rotatable bonds is 8. The van der Waals surface area contributed by atoms with Crippen LogP contribution in [0, 0.1) is 5.82 Å². The number of nitrogens with zero attached hydrogens (tertiary/aromatic N) is 1. The average Bonchev–Trinajstić information content (AvgIpc) is 2.86. The highest BCUT2D eigenvalue weighted by Crippen LogP contribution is 2.48. The fourth-order valence-electron chi connectivity index (χ4n) is 3.91. The van der Waals surface area contributed by atoms with Crippen LogP contribution in [-0.2, 0) is 25.2 Å². The Balaban J connectivity index is 0.00000533. The largest absolute Gasteiger partial charge is 0.486 e. The summed E-state index contributed by atoms with van der Waals surface area (Å²) in [5.41, 5.74) is -5.02. The minimum atomic E-state index is -5.23. The molecule has 0 saturated heterocycles. The van der Waals surface area contributed by atoms with Crippen molar-refractivity contribution in [1.82, 2.24) is 10.3 Å². The van der Waals surface area contributed by atoms with Crippen molar-refractivity contribution in [3.8, 4) is 5.75 Å². The minimum Gasteiger partial charge on any atom is -0.486 e. The number of benzene rings is 1. The first-order valence-corrected chi connectivity index (χ1v) is 11.4. The van der Waals surface area contributed by atoms with Crippen LogP contribution in [0.5, 0.6) is 5.75 Å². The molecular weight excluding hydrogens is 574 g/mol. The van der Waals surface area contributed by atoms with Gasteiger partial charge in [-0.25, -0.2) is 18.4 Å². The van der Waals surface area contributed by atoms with Gasteiger partial charge in [0.05, 0.1) is 58.5 Å². The molecule has 0 spiro atoms. The van der Waals surface area contributed by atoms with Crippen LogP contribution in [0.25, 0.3) is 0 Å². The highest BCUT2D eigenvalue weighted by Gasteiger charge is 2.47. The number of halogens is 7. The lowest BCUT2D eigenvalue weighted by Gasteiger charge is -2.33. The second-order valence-corrected chi connectivity index (χ2v) is 8.62. The predicted molar refractivity (Wildman–Crippen MR) is 133 cm³/mol. The van der Waals surface area contributed by atoms with E-state index in [2.05, 4.69) is 15.0 Å². The molecule has 0 fully saturated rings. The maximum atomic E-state index is 15.3. The van der Waals surface area contributed by atoms with E-state index in [-0.39, 0.29) is 23.9 Å². The second-order valence-electron chi connectivity index (χ2n) is 8.21. The van der Waals surface area contributed by atoms with E-state index < -0.39 is 82.2 Å². The van der Waals surface area contributed by atoms with Gasteiger partial charge in [0.2, 0.25) is 0 Å². The van der Waals surface area contributed by atoms with E-state index in [1.54, 1.807) is 0 Å². The first kappa shape index (κ1) is 31.8. The van der Waals surface area contributed by atoms with Gasteiger partial charge in [0.1, 0.15) is 24.8 Å². The molecule has 14 heteroatoms. The Labute approximate surface area is 231 Å². The molecule has 0 radical (unpaired) electrons. The van der Waals surface area contributed by atoms with Gasteiger partial charge in [-0.05, 0) is 38.1 Å². The van der Waals surface area contributed by atoms with Crippen LogP contribution >= 0.6 is 24.0 Å². The highest BCUT2D eigenvalue weighted by molar-refractivity contribution is 6.31. The number of nitrogens with one attached hydrogen (secondary N) is 1. The molecule has 0 bridgehead atoms. The number of hydrogen-bond acceptors (Lipinski definition) is 7. The predicted octanol–water partition coefficient (Wildman–Crippen LogP) is 5.68. The highest BCUT2D eigenvalue weighted by atomic mass is 35.5. The van der Waals surface area contributed by atoms with Gasteiger partial charge >= 0.3 is 18.1 Å². The molecule has 1 N–H and O–H groups in total. The number of allylic oxidation sites excluding steroid dienone is 1. The van der Waals surface area contributed by atoms with Gasteiger partial charge in [0, 0.05) is 11.8 Å². The Hall–Kier alpha value is -3.38. The summed E-state index contributed by atoms with van der Waals surface area (Å²) in [7, 11) is 0.901. The SMILES string of the molecule is COC(=O)C1=C(CF)NC(COc2cccnc2)=C(C(=O)OC(C)C)C1c1c(F)ccc(Cl)c1C(F)(F)F.Cl. The molecule has 7 nitrogen and oxygen atoms in total. The normalized spacial score (nSPS) is 15.5. The zero-order chi connectivity index (χ0) is 28.2. The lowest BCUT2D eigenvalue weighted by molar-refractivity contribution is -0.144. The van der Waals surface area contributed by atoms with Gasteiger partial charge in [-0.2, -0.15) is 13.2 Å². The number of aromatic nitrogens is 1. The van der Waals surface area contributed by atoms with Crippen molar-refractivity contribution in [2.75, 3.05) is 20.4 Å². The zero-order valence-electron chi connectivity index (χ0n) is 20.7. The minimum absolute atomic E-state index is 0. The van der Waals surface area contributed by atoms with Crippen molar-refractivity contribution in [3.05, 3.63) is 81.2 Å². The Morgan fingerprint density at radius 3 is 2.33 bits per heavy atom. The summed E-state index contributed by atoms with van der Waals surface area (Å²) < 4.78 is 87.7. The molecular formula is C25H23Cl2F5N2O5. The standard InChI is InChI=1S/C25H22ClF5N2O5.ClH/c1-12(2)38-24(35)20-17(11-37-13-5-4-8-32-10-13)33-16(9-27)19(23(34)36-3)21(20)18-15(28)7-6-14(26)22(18)25(29,30)31;/h4-8,10,12,21,33H,9,11H2,1-3H3;1H. The molecule has 1 aromatic carbocycles. The zero-order valence-corrected chi connectivity index (χ0v) is 22.3. The number of dihydropyridines is 1. The third kappa shape index (κ3) is 6.99. The summed E-state index contributed by atoms with van der Waals surface area (Å²) in [4.78, 5) is 30.0. The first-order chi connectivity index (χ1) is 17.9. The van der Waals surface area contributed by atoms with Gasteiger partial charge in [0.25, 0.3) is 0 Å². The lowest BCUT2D eigenvalue weighted by atomic mass is 9.78. The van der Waals surface area contributed by atoms with Crippen molar-refractivity contribution in [3.63, 3.8) is 0 Å². The molecule has 212 valence electrons. The van der Waals surface area contributed by atoms with Crippen LogP contribution in [0.2, 0.25) is 5.02 Å². The van der Waals surface area contributed by atoms with Gasteiger partial charge in [0.15, 0.2) is 0 Å². The molecule has 1 unspecified atom stereocenters. The second kappa shape index (κ2) is 13.1. The van der Waals surface area contributed by atoms with Crippen LogP contribution in [-0.4, -0.2) is 43.4 Å². The summed E-state index contributed by atoms with van der Waals surface area (Å²) in [5, 5.41) is 1.64. The monoisotopic (exact) mass is 596 g/mol. The van der Waals surface area contributed by atoms with E-state index in [4.69, 9.17) is 21.1 Å². The molecule has 39 heavy (non-hydrogen) atoms. The number of carbonyl (C=O) groups is 2. The third-order valence-corrected chi connectivity index (χ3v) is 5.68.